The molecule has 3 aliphatic rings. The number of urea groups is 1. The Kier molecular flexibility index (Phi) is 7.36. The lowest BCUT2D eigenvalue weighted by Crippen LogP contribution is -2.59. The number of nitrogens with one attached hydrogen (secondary N) is 1. The Bertz CT molecular complexity index is 568. The van der Waals surface area contributed by atoms with Gasteiger partial charge in [0.2, 0.25) is 0 Å². The summed E-state index contributed by atoms with van der Waals surface area (Å²) in [6, 6.07) is -0.0892. The number of amides is 2. The molecule has 27 heavy (non-hydrogen) atoms. The van der Waals surface area contributed by atoms with Gasteiger partial charge in [-0.25, -0.2) is 9.59 Å². The van der Waals surface area contributed by atoms with Crippen LogP contribution in [0.2, 0.25) is 0 Å². The summed E-state index contributed by atoms with van der Waals surface area (Å²) in [5, 5.41) is 3.10. The van der Waals surface area contributed by atoms with Crippen molar-refractivity contribution in [3.8, 4) is 0 Å². The summed E-state index contributed by atoms with van der Waals surface area (Å²) in [7, 11) is 0. The molecular formula is C22H34N2O3. The first-order chi connectivity index (χ1) is 13.2. The highest BCUT2D eigenvalue weighted by Crippen LogP contribution is 2.30. The molecule has 1 saturated heterocycles. The molecule has 1 saturated carbocycles. The first-order valence-electron chi connectivity index (χ1n) is 10.8. The zero-order valence-corrected chi connectivity index (χ0v) is 16.5. The summed E-state index contributed by atoms with van der Waals surface area (Å²) in [6.45, 7) is 1.96. The summed E-state index contributed by atoms with van der Waals surface area (Å²) in [5.41, 5.74) is 0.402. The molecule has 1 heterocycles. The number of ether oxygens (including phenoxy) is 1. The minimum atomic E-state index is -0.835. The first-order valence-corrected chi connectivity index (χ1v) is 10.8. The molecule has 0 radical (unpaired) electrons. The van der Waals surface area contributed by atoms with Crippen molar-refractivity contribution >= 4 is 12.0 Å². The van der Waals surface area contributed by atoms with Crippen molar-refractivity contribution in [2.24, 2.45) is 0 Å². The Hall–Kier alpha value is -1.78. The van der Waals surface area contributed by atoms with E-state index in [2.05, 4.69) is 23.5 Å². The van der Waals surface area contributed by atoms with E-state index in [0.29, 0.717) is 19.4 Å². The van der Waals surface area contributed by atoms with Gasteiger partial charge >= 0.3 is 12.0 Å². The van der Waals surface area contributed by atoms with E-state index in [-0.39, 0.29) is 12.0 Å². The van der Waals surface area contributed by atoms with Gasteiger partial charge in [-0.3, -0.25) is 0 Å². The number of carbonyl (C=O) groups is 2. The van der Waals surface area contributed by atoms with Crippen molar-refractivity contribution in [1.82, 2.24) is 10.2 Å². The van der Waals surface area contributed by atoms with Gasteiger partial charge in [0.25, 0.3) is 0 Å². The highest BCUT2D eigenvalue weighted by molar-refractivity contribution is 5.87. The number of esters is 1. The highest BCUT2D eigenvalue weighted by Gasteiger charge is 2.43. The van der Waals surface area contributed by atoms with Crippen LogP contribution in [0.5, 0.6) is 0 Å². The fraction of sp³-hybridized carbons (Fsp3) is 0.727. The van der Waals surface area contributed by atoms with Crippen LogP contribution >= 0.6 is 0 Å². The van der Waals surface area contributed by atoms with Crippen molar-refractivity contribution in [1.29, 1.82) is 0 Å². The fourth-order valence-corrected chi connectivity index (χ4v) is 4.35. The number of hydrogen-bond acceptors (Lipinski definition) is 3. The molecule has 2 amide bonds. The maximum Gasteiger partial charge on any atom is 0.331 e. The third-order valence-electron chi connectivity index (χ3n) is 6.03. The van der Waals surface area contributed by atoms with Gasteiger partial charge < -0.3 is 15.0 Å². The normalized spacial score (nSPS) is 22.5. The van der Waals surface area contributed by atoms with E-state index in [1.165, 1.54) is 18.4 Å². The van der Waals surface area contributed by atoms with Crippen molar-refractivity contribution in [3.63, 3.8) is 0 Å². The fourth-order valence-electron chi connectivity index (χ4n) is 4.35. The van der Waals surface area contributed by atoms with E-state index in [9.17, 15) is 9.59 Å². The highest BCUT2D eigenvalue weighted by atomic mass is 16.5. The predicted octanol–water partition coefficient (Wildman–Crippen LogP) is 4.48. The van der Waals surface area contributed by atoms with Gasteiger partial charge in [0.15, 0.2) is 0 Å². The summed E-state index contributed by atoms with van der Waals surface area (Å²) in [4.78, 5) is 27.7. The summed E-state index contributed by atoms with van der Waals surface area (Å²) in [6.07, 6.45) is 18.3. The van der Waals surface area contributed by atoms with Gasteiger partial charge in [-0.2, -0.15) is 0 Å². The second-order valence-electron chi connectivity index (χ2n) is 8.12. The molecule has 5 nitrogen and oxygen atoms in total. The summed E-state index contributed by atoms with van der Waals surface area (Å²) >= 11 is 0. The molecule has 1 N–H and O–H groups in total. The zero-order valence-electron chi connectivity index (χ0n) is 16.5. The van der Waals surface area contributed by atoms with Crippen LogP contribution in [0.1, 0.15) is 77.0 Å². The van der Waals surface area contributed by atoms with Gasteiger partial charge in [-0.05, 0) is 44.1 Å². The van der Waals surface area contributed by atoms with Gasteiger partial charge in [0.05, 0.1) is 6.61 Å². The molecule has 0 atom stereocenters. The number of hydrogen-bond donors (Lipinski definition) is 1. The molecular weight excluding hydrogens is 340 g/mol. The maximum absolute atomic E-state index is 13.0. The second kappa shape index (κ2) is 9.95. The van der Waals surface area contributed by atoms with Crippen LogP contribution in [0.25, 0.3) is 0 Å². The molecule has 3 rings (SSSR count). The third-order valence-corrected chi connectivity index (χ3v) is 6.03. The molecule has 0 spiro atoms. The lowest BCUT2D eigenvalue weighted by molar-refractivity contribution is -0.152. The van der Waals surface area contributed by atoms with E-state index >= 15 is 0 Å². The summed E-state index contributed by atoms with van der Waals surface area (Å²) < 4.78 is 5.65. The Morgan fingerprint density at radius 1 is 1.00 bits per heavy atom. The number of allylic oxidation sites excluding steroid dienone is 3. The van der Waals surface area contributed by atoms with Crippen molar-refractivity contribution < 1.29 is 14.3 Å². The quantitative estimate of drug-likeness (QED) is 0.722. The molecule has 2 aliphatic carbocycles. The van der Waals surface area contributed by atoms with E-state index in [0.717, 1.165) is 64.5 Å². The molecule has 0 bridgehead atoms. The average molecular weight is 375 g/mol. The Morgan fingerprint density at radius 2 is 1.70 bits per heavy atom. The van der Waals surface area contributed by atoms with Gasteiger partial charge in [-0.15, -0.1) is 0 Å². The first kappa shape index (κ1) is 20.0. The Morgan fingerprint density at radius 3 is 2.37 bits per heavy atom. The van der Waals surface area contributed by atoms with Gasteiger partial charge in [-0.1, -0.05) is 50.3 Å². The van der Waals surface area contributed by atoms with Crippen LogP contribution < -0.4 is 5.32 Å². The Balaban J connectivity index is 1.57. The lowest BCUT2D eigenvalue weighted by Gasteiger charge is -2.37. The molecule has 2 fully saturated rings. The molecule has 0 aromatic rings. The zero-order chi connectivity index (χ0) is 19.0. The van der Waals surface area contributed by atoms with E-state index in [4.69, 9.17) is 4.74 Å². The molecule has 150 valence electrons. The third kappa shape index (κ3) is 5.60. The molecule has 5 heteroatoms. The van der Waals surface area contributed by atoms with E-state index in [1.54, 1.807) is 0 Å². The average Bonchev–Trinajstić information content (AvgIpc) is 2.99. The van der Waals surface area contributed by atoms with Crippen LogP contribution in [-0.2, 0) is 9.53 Å². The van der Waals surface area contributed by atoms with E-state index in [1.807, 2.05) is 4.90 Å². The molecule has 1 aliphatic heterocycles. The van der Waals surface area contributed by atoms with Crippen molar-refractivity contribution in [2.45, 2.75) is 82.6 Å². The monoisotopic (exact) mass is 374 g/mol. The lowest BCUT2D eigenvalue weighted by atomic mass is 9.81. The Labute approximate surface area is 163 Å². The van der Waals surface area contributed by atoms with Crippen LogP contribution in [0.4, 0.5) is 4.79 Å². The number of rotatable bonds is 5. The number of nitrogens with zero attached hydrogens (tertiary/aromatic N) is 1. The van der Waals surface area contributed by atoms with Gasteiger partial charge in [0.1, 0.15) is 5.54 Å². The van der Waals surface area contributed by atoms with Crippen LogP contribution in [0.15, 0.2) is 23.8 Å². The maximum atomic E-state index is 13.0. The van der Waals surface area contributed by atoms with Gasteiger partial charge in [0, 0.05) is 19.5 Å². The summed E-state index contributed by atoms with van der Waals surface area (Å²) in [5.74, 6) is -0.245. The van der Waals surface area contributed by atoms with Crippen molar-refractivity contribution in [3.05, 3.63) is 23.8 Å². The minimum Gasteiger partial charge on any atom is -0.464 e. The molecule has 0 aromatic carbocycles. The largest absolute Gasteiger partial charge is 0.464 e. The SMILES string of the molecule is O=C(NC1(C(=O)OCCC2=CCCC=C2)CCCCC1)N1CCCCCC1. The van der Waals surface area contributed by atoms with E-state index < -0.39 is 5.54 Å². The number of likely N-dealkylation sites (tertiary alicyclic amines) is 1. The molecule has 0 unspecified atom stereocenters. The van der Waals surface area contributed by atoms with Crippen LogP contribution in [0, 0.1) is 0 Å². The standard InChI is InChI=1S/C22H34N2O3/c25-20(27-18-13-19-11-5-3-6-12-19)22(14-7-4-8-15-22)23-21(26)24-16-9-1-2-10-17-24/h5,11-12H,1-4,6-10,13-18H2,(H,23,26). The van der Waals surface area contributed by atoms with Crippen LogP contribution in [-0.4, -0.2) is 42.1 Å². The van der Waals surface area contributed by atoms with Crippen LogP contribution in [0.3, 0.4) is 0 Å². The predicted molar refractivity (Wildman–Crippen MR) is 106 cm³/mol. The second-order valence-corrected chi connectivity index (χ2v) is 8.12. The van der Waals surface area contributed by atoms with Crippen molar-refractivity contribution in [2.75, 3.05) is 19.7 Å². The molecule has 0 aromatic heterocycles. The number of carbonyl (C=O) groups excluding carboxylic acids is 2. The minimum absolute atomic E-state index is 0.0892. The smallest absolute Gasteiger partial charge is 0.331 e. The topological polar surface area (TPSA) is 58.6 Å².